The van der Waals surface area contributed by atoms with Crippen LogP contribution in [0.15, 0.2) is 24.3 Å². The fraction of sp³-hybridized carbons (Fsp3) is 0.919. The predicted octanol–water partition coefficient (Wildman–Crippen LogP) is 23.7. The molecule has 0 aliphatic heterocycles. The molecule has 0 rings (SSSR count). The molecule has 0 aromatic heterocycles. The van der Waals surface area contributed by atoms with Crippen LogP contribution in [0.2, 0.25) is 0 Å². The number of rotatable bonds is 69. The number of ether oxygens (including phenoxy) is 1. The fourth-order valence-electron chi connectivity index (χ4n) is 11.6. The number of allylic oxidation sites excluding steroid dienone is 3. The number of hydrogen-bond acceptors (Lipinski definition) is 5. The van der Waals surface area contributed by atoms with E-state index in [1.165, 1.54) is 340 Å². The summed E-state index contributed by atoms with van der Waals surface area (Å²) in [4.78, 5) is 24.6. The Balaban J connectivity index is 3.37. The maximum Gasteiger partial charge on any atom is 0.305 e. The number of amides is 1. The van der Waals surface area contributed by atoms with Gasteiger partial charge in [-0.15, -0.1) is 0 Å². The highest BCUT2D eigenvalue weighted by molar-refractivity contribution is 5.76. The highest BCUT2D eigenvalue weighted by Crippen LogP contribution is 2.19. The van der Waals surface area contributed by atoms with Gasteiger partial charge < -0.3 is 20.3 Å². The lowest BCUT2D eigenvalue weighted by atomic mass is 10.0. The van der Waals surface area contributed by atoms with Gasteiger partial charge in [-0.1, -0.05) is 366 Å². The maximum absolute atomic E-state index is 12.5. The summed E-state index contributed by atoms with van der Waals surface area (Å²) in [5, 5.41) is 23.3. The first-order chi connectivity index (χ1) is 39.5. The van der Waals surface area contributed by atoms with Crippen LogP contribution in [-0.2, 0) is 14.3 Å². The van der Waals surface area contributed by atoms with Gasteiger partial charge in [0.15, 0.2) is 0 Å². The number of carbonyl (C=O) groups is 2. The molecule has 0 aliphatic rings. The molecule has 6 heteroatoms. The molecular formula is C74H143NO5. The van der Waals surface area contributed by atoms with E-state index in [0.29, 0.717) is 19.4 Å². The van der Waals surface area contributed by atoms with E-state index in [0.717, 1.165) is 44.9 Å². The normalized spacial score (nSPS) is 12.6. The van der Waals surface area contributed by atoms with Gasteiger partial charge in [0.05, 0.1) is 25.4 Å². The second kappa shape index (κ2) is 69.8. The van der Waals surface area contributed by atoms with Gasteiger partial charge in [0.2, 0.25) is 5.91 Å². The van der Waals surface area contributed by atoms with Crippen molar-refractivity contribution in [3.63, 3.8) is 0 Å². The van der Waals surface area contributed by atoms with Gasteiger partial charge in [-0.25, -0.2) is 0 Å². The second-order valence-electron chi connectivity index (χ2n) is 25.3. The van der Waals surface area contributed by atoms with E-state index in [1.807, 2.05) is 6.08 Å². The molecule has 0 fully saturated rings. The SMILES string of the molecule is CCCCCC/C=C\CCCCCCCC(=O)OCCCCCCCCCCCCCCCCCCCCCCCCCCCCCCC(=O)NC(CO)C(O)/C=C/CCCCCCCCCCCCCCCCCCCCCC. The fourth-order valence-corrected chi connectivity index (χ4v) is 11.6. The molecule has 1 amide bonds. The van der Waals surface area contributed by atoms with E-state index in [-0.39, 0.29) is 18.5 Å². The molecule has 2 unspecified atom stereocenters. The van der Waals surface area contributed by atoms with Crippen molar-refractivity contribution in [2.75, 3.05) is 13.2 Å². The summed E-state index contributed by atoms with van der Waals surface area (Å²) in [6.07, 6.45) is 88.4. The number of hydrogen-bond donors (Lipinski definition) is 3. The van der Waals surface area contributed by atoms with Crippen LogP contribution in [0.3, 0.4) is 0 Å². The monoisotopic (exact) mass is 1130 g/mol. The highest BCUT2D eigenvalue weighted by atomic mass is 16.5. The highest BCUT2D eigenvalue weighted by Gasteiger charge is 2.18. The lowest BCUT2D eigenvalue weighted by Gasteiger charge is -2.20. The predicted molar refractivity (Wildman–Crippen MR) is 352 cm³/mol. The van der Waals surface area contributed by atoms with Crippen LogP contribution < -0.4 is 5.32 Å². The molecule has 0 heterocycles. The van der Waals surface area contributed by atoms with Gasteiger partial charge in [-0.3, -0.25) is 9.59 Å². The van der Waals surface area contributed by atoms with Crippen molar-refractivity contribution in [1.29, 1.82) is 0 Å². The van der Waals surface area contributed by atoms with Gasteiger partial charge >= 0.3 is 5.97 Å². The van der Waals surface area contributed by atoms with Crippen LogP contribution in [-0.4, -0.2) is 47.4 Å². The van der Waals surface area contributed by atoms with Crippen LogP contribution >= 0.6 is 0 Å². The molecular weight excluding hydrogens is 983 g/mol. The van der Waals surface area contributed by atoms with E-state index < -0.39 is 12.1 Å². The zero-order chi connectivity index (χ0) is 57.8. The first-order valence-corrected chi connectivity index (χ1v) is 36.6. The Morgan fingerprint density at radius 3 is 0.900 bits per heavy atom. The molecule has 0 saturated carbocycles. The topological polar surface area (TPSA) is 95.9 Å². The average molecular weight is 1130 g/mol. The minimum Gasteiger partial charge on any atom is -0.466 e. The lowest BCUT2D eigenvalue weighted by molar-refractivity contribution is -0.143. The number of aliphatic hydroxyl groups is 2. The third-order valence-electron chi connectivity index (χ3n) is 17.2. The number of carbonyl (C=O) groups excluding carboxylic acids is 2. The molecule has 0 bridgehead atoms. The molecule has 474 valence electrons. The maximum atomic E-state index is 12.5. The Morgan fingerprint density at radius 1 is 0.338 bits per heavy atom. The lowest BCUT2D eigenvalue weighted by Crippen LogP contribution is -2.45. The number of nitrogens with one attached hydrogen (secondary N) is 1. The molecule has 2 atom stereocenters. The summed E-state index contributed by atoms with van der Waals surface area (Å²) in [6.45, 7) is 4.93. The minimum atomic E-state index is -0.843. The van der Waals surface area contributed by atoms with Crippen molar-refractivity contribution in [3.05, 3.63) is 24.3 Å². The molecule has 0 spiro atoms. The van der Waals surface area contributed by atoms with Crippen molar-refractivity contribution < 1.29 is 24.5 Å². The Kier molecular flexibility index (Phi) is 68.4. The summed E-state index contributed by atoms with van der Waals surface area (Å²) in [5.74, 6) is -0.0504. The standard InChI is InChI=1S/C74H143NO5/c1-3-5-7-9-11-13-15-17-18-19-20-21-30-33-36-39-43-46-50-54-58-62-66-72(77)71(70-76)75-73(78)67-63-59-55-51-47-44-40-37-34-31-28-26-24-22-23-25-27-29-32-35-38-41-45-49-53-57-61-65-69-80-74(79)68-64-60-56-52-48-42-16-14-12-10-8-6-4-2/h14,16,62,66,71-72,76-77H,3-13,15,17-61,63-65,67-70H2,1-2H3,(H,75,78)/b16-14-,66-62+. The molecule has 0 aliphatic carbocycles. The largest absolute Gasteiger partial charge is 0.466 e. The number of unbranched alkanes of at least 4 members (excludes halogenated alkanes) is 56. The van der Waals surface area contributed by atoms with Gasteiger partial charge in [0, 0.05) is 12.8 Å². The molecule has 3 N–H and O–H groups in total. The summed E-state index contributed by atoms with van der Waals surface area (Å²) in [5.41, 5.74) is 0. The Hall–Kier alpha value is -1.66. The first kappa shape index (κ1) is 78.3. The van der Waals surface area contributed by atoms with Crippen LogP contribution in [0.5, 0.6) is 0 Å². The molecule has 0 aromatic rings. The van der Waals surface area contributed by atoms with E-state index in [4.69, 9.17) is 4.74 Å². The number of esters is 1. The third-order valence-corrected chi connectivity index (χ3v) is 17.2. The Labute approximate surface area is 501 Å². The van der Waals surface area contributed by atoms with Crippen LogP contribution in [0.1, 0.15) is 412 Å². The summed E-state index contributed by atoms with van der Waals surface area (Å²) in [6, 6.07) is -0.626. The van der Waals surface area contributed by atoms with Gasteiger partial charge in [-0.05, 0) is 57.8 Å². The average Bonchev–Trinajstić information content (AvgIpc) is 3.46. The van der Waals surface area contributed by atoms with Crippen LogP contribution in [0.4, 0.5) is 0 Å². The Bertz CT molecular complexity index is 1250. The molecule has 0 saturated heterocycles. The Morgan fingerprint density at radius 2 is 0.588 bits per heavy atom. The molecule has 0 radical (unpaired) electrons. The van der Waals surface area contributed by atoms with E-state index >= 15 is 0 Å². The van der Waals surface area contributed by atoms with Crippen molar-refractivity contribution in [3.8, 4) is 0 Å². The summed E-state index contributed by atoms with van der Waals surface area (Å²) < 4.78 is 5.48. The smallest absolute Gasteiger partial charge is 0.305 e. The van der Waals surface area contributed by atoms with Crippen LogP contribution in [0.25, 0.3) is 0 Å². The first-order valence-electron chi connectivity index (χ1n) is 36.6. The van der Waals surface area contributed by atoms with Crippen molar-refractivity contribution in [1.82, 2.24) is 5.32 Å². The molecule has 6 nitrogen and oxygen atoms in total. The number of aliphatic hydroxyl groups excluding tert-OH is 2. The van der Waals surface area contributed by atoms with Crippen molar-refractivity contribution in [2.24, 2.45) is 0 Å². The summed E-state index contributed by atoms with van der Waals surface area (Å²) in [7, 11) is 0. The molecule has 0 aromatic carbocycles. The quantitative estimate of drug-likeness (QED) is 0.0320. The van der Waals surface area contributed by atoms with Crippen molar-refractivity contribution >= 4 is 11.9 Å². The van der Waals surface area contributed by atoms with Crippen molar-refractivity contribution in [2.45, 2.75) is 424 Å². The summed E-state index contributed by atoms with van der Waals surface area (Å²) >= 11 is 0. The van der Waals surface area contributed by atoms with E-state index in [2.05, 4.69) is 31.3 Å². The van der Waals surface area contributed by atoms with Gasteiger partial charge in [-0.2, -0.15) is 0 Å². The third kappa shape index (κ3) is 65.5. The van der Waals surface area contributed by atoms with Crippen LogP contribution in [0, 0.1) is 0 Å². The second-order valence-corrected chi connectivity index (χ2v) is 25.3. The van der Waals surface area contributed by atoms with Gasteiger partial charge in [0.1, 0.15) is 0 Å². The zero-order valence-corrected chi connectivity index (χ0v) is 54.3. The van der Waals surface area contributed by atoms with Gasteiger partial charge in [0.25, 0.3) is 0 Å². The molecule has 80 heavy (non-hydrogen) atoms. The minimum absolute atomic E-state index is 0.00991. The zero-order valence-electron chi connectivity index (χ0n) is 54.3. The van der Waals surface area contributed by atoms with E-state index in [9.17, 15) is 19.8 Å². The van der Waals surface area contributed by atoms with E-state index in [1.54, 1.807) is 6.08 Å².